The van der Waals surface area contributed by atoms with Crippen molar-refractivity contribution >= 4 is 0 Å². The van der Waals surface area contributed by atoms with E-state index in [4.69, 9.17) is 0 Å². The third-order valence-electron chi connectivity index (χ3n) is 16.4. The summed E-state index contributed by atoms with van der Waals surface area (Å²) in [5.74, 6) is 13.4. The van der Waals surface area contributed by atoms with E-state index in [1.807, 2.05) is 0 Å². The zero-order valence-electron chi connectivity index (χ0n) is 27.7. The van der Waals surface area contributed by atoms with Crippen molar-refractivity contribution in [2.45, 2.75) is 185 Å². The van der Waals surface area contributed by atoms with E-state index in [0.29, 0.717) is 0 Å². The third-order valence-corrected chi connectivity index (χ3v) is 16.4. The second kappa shape index (κ2) is 13.4. The van der Waals surface area contributed by atoms with Gasteiger partial charge in [0.05, 0.1) is 0 Å². The summed E-state index contributed by atoms with van der Waals surface area (Å²) in [6, 6.07) is 1.69. The van der Waals surface area contributed by atoms with E-state index in [-0.39, 0.29) is 0 Å². The largest absolute Gasteiger partial charge is 0.311 e. The zero-order chi connectivity index (χ0) is 27.9. The van der Waals surface area contributed by atoms with Crippen LogP contribution in [0.15, 0.2) is 0 Å². The number of hydrogen-bond acceptors (Lipinski definition) is 1. The lowest BCUT2D eigenvalue weighted by molar-refractivity contribution is -0.0503. The molecule has 8 rings (SSSR count). The summed E-state index contributed by atoms with van der Waals surface area (Å²) in [5.41, 5.74) is 0. The van der Waals surface area contributed by atoms with Crippen molar-refractivity contribution in [2.75, 3.05) is 0 Å². The Morgan fingerprint density at radius 3 is 0.952 bits per heavy atom. The minimum atomic E-state index is 0.846. The van der Waals surface area contributed by atoms with E-state index in [0.717, 1.165) is 83.1 Å². The Balaban J connectivity index is 0.858. The lowest BCUT2D eigenvalue weighted by atomic mass is 9.51. The molecule has 8 fully saturated rings. The first-order valence-electron chi connectivity index (χ1n) is 20.6. The van der Waals surface area contributed by atoms with Crippen LogP contribution in [0, 0.1) is 71.0 Å². The summed E-state index contributed by atoms with van der Waals surface area (Å²) >= 11 is 0. The molecule has 9 atom stereocenters. The van der Waals surface area contributed by atoms with E-state index in [1.54, 1.807) is 141 Å². The number of hydrogen-bond donors (Lipinski definition) is 1. The number of fused-ring (bicyclic) bond motifs is 4. The molecule has 0 spiro atoms. The molecule has 0 heterocycles. The Bertz CT molecular complexity index is 827. The fraction of sp³-hybridized carbons (Fsp3) is 1.00. The van der Waals surface area contributed by atoms with E-state index in [9.17, 15) is 0 Å². The summed E-state index contributed by atoms with van der Waals surface area (Å²) in [4.78, 5) is 0. The Morgan fingerprint density at radius 1 is 0.262 bits per heavy atom. The quantitative estimate of drug-likeness (QED) is 0.351. The van der Waals surface area contributed by atoms with Crippen molar-refractivity contribution in [3.8, 4) is 0 Å². The van der Waals surface area contributed by atoms with Gasteiger partial charge in [-0.1, -0.05) is 83.5 Å². The molecule has 0 amide bonds. The first kappa shape index (κ1) is 29.4. The van der Waals surface area contributed by atoms with Gasteiger partial charge in [-0.15, -0.1) is 0 Å². The van der Waals surface area contributed by atoms with Gasteiger partial charge in [-0.25, -0.2) is 0 Å². The molecule has 0 radical (unpaired) electrons. The average Bonchev–Trinajstić information content (AvgIpc) is 3.29. The van der Waals surface area contributed by atoms with Crippen LogP contribution in [0.4, 0.5) is 0 Å². The summed E-state index contributed by atoms with van der Waals surface area (Å²) in [7, 11) is 0. The molecule has 8 saturated carbocycles. The van der Waals surface area contributed by atoms with Crippen LogP contribution >= 0.6 is 0 Å². The predicted molar refractivity (Wildman–Crippen MR) is 177 cm³/mol. The SMILES string of the molecule is C1CCC2CC3CCCCC3C(C3CCC(NC4CCC(C5C6CCCCC6CC6CCCCC65)CC4)CC3)C2CC1. The van der Waals surface area contributed by atoms with Crippen LogP contribution in [-0.2, 0) is 0 Å². The molecule has 0 aromatic rings. The van der Waals surface area contributed by atoms with Gasteiger partial charge >= 0.3 is 0 Å². The van der Waals surface area contributed by atoms with Gasteiger partial charge < -0.3 is 5.32 Å². The van der Waals surface area contributed by atoms with Crippen molar-refractivity contribution < 1.29 is 0 Å². The highest BCUT2D eigenvalue weighted by Crippen LogP contribution is 2.58. The Kier molecular flexibility index (Phi) is 9.34. The second-order valence-corrected chi connectivity index (χ2v) is 18.2. The fourth-order valence-corrected chi connectivity index (χ4v) is 14.8. The van der Waals surface area contributed by atoms with E-state index in [1.165, 1.54) is 32.1 Å². The average molecular weight is 576 g/mol. The van der Waals surface area contributed by atoms with Gasteiger partial charge in [0.1, 0.15) is 0 Å². The molecular formula is C41H69N. The highest BCUT2D eigenvalue weighted by Gasteiger charge is 2.50. The Morgan fingerprint density at radius 2 is 0.571 bits per heavy atom. The standard InChI is InChI=1S/C41H69N/c1-2-10-30-26-31-11-4-7-15-37(31)40(36(30)14-3-1)28-18-22-34(23-19-28)42-35-24-20-29(21-25-35)41-38-16-8-5-12-32(38)27-33-13-6-9-17-39(33)41/h28-42H,1-27H2. The maximum atomic E-state index is 4.34. The monoisotopic (exact) mass is 576 g/mol. The van der Waals surface area contributed by atoms with Gasteiger partial charge in [-0.05, 0) is 161 Å². The first-order chi connectivity index (χ1) is 20.8. The molecule has 8 aliphatic rings. The van der Waals surface area contributed by atoms with Crippen LogP contribution in [0.5, 0.6) is 0 Å². The lowest BCUT2D eigenvalue weighted by Crippen LogP contribution is -2.49. The van der Waals surface area contributed by atoms with E-state index >= 15 is 0 Å². The molecule has 42 heavy (non-hydrogen) atoms. The molecular weight excluding hydrogens is 506 g/mol. The minimum Gasteiger partial charge on any atom is -0.311 e. The molecule has 0 aromatic carbocycles. The van der Waals surface area contributed by atoms with Gasteiger partial charge in [0, 0.05) is 12.1 Å². The van der Waals surface area contributed by atoms with E-state index < -0.39 is 0 Å². The molecule has 0 saturated heterocycles. The van der Waals surface area contributed by atoms with Crippen LogP contribution in [0.1, 0.15) is 173 Å². The van der Waals surface area contributed by atoms with Crippen molar-refractivity contribution in [1.82, 2.24) is 5.32 Å². The van der Waals surface area contributed by atoms with Crippen molar-refractivity contribution in [3.05, 3.63) is 0 Å². The van der Waals surface area contributed by atoms with Gasteiger partial charge in [0.25, 0.3) is 0 Å². The molecule has 0 aromatic heterocycles. The van der Waals surface area contributed by atoms with Crippen molar-refractivity contribution in [2.24, 2.45) is 71.0 Å². The molecule has 1 nitrogen and oxygen atoms in total. The Labute approximate surface area is 261 Å². The smallest absolute Gasteiger partial charge is 0.00698 e. The van der Waals surface area contributed by atoms with Gasteiger partial charge in [0.15, 0.2) is 0 Å². The topological polar surface area (TPSA) is 12.0 Å². The van der Waals surface area contributed by atoms with Crippen LogP contribution in [0.3, 0.4) is 0 Å². The predicted octanol–water partition coefficient (Wildman–Crippen LogP) is 11.3. The molecule has 9 unspecified atom stereocenters. The molecule has 0 bridgehead atoms. The van der Waals surface area contributed by atoms with Crippen LogP contribution in [0.2, 0.25) is 0 Å². The maximum absolute atomic E-state index is 4.34. The molecule has 238 valence electrons. The van der Waals surface area contributed by atoms with Crippen molar-refractivity contribution in [1.29, 1.82) is 0 Å². The molecule has 8 aliphatic carbocycles. The molecule has 0 aliphatic heterocycles. The zero-order valence-corrected chi connectivity index (χ0v) is 27.7. The van der Waals surface area contributed by atoms with E-state index in [2.05, 4.69) is 5.32 Å². The summed E-state index contributed by atoms with van der Waals surface area (Å²) in [5, 5.41) is 4.34. The third kappa shape index (κ3) is 5.95. The van der Waals surface area contributed by atoms with Crippen LogP contribution < -0.4 is 5.32 Å². The van der Waals surface area contributed by atoms with Gasteiger partial charge in [-0.2, -0.15) is 0 Å². The molecule has 1 heteroatoms. The minimum absolute atomic E-state index is 0.846. The normalized spacial score (nSPS) is 51.7. The molecule has 1 N–H and O–H groups in total. The van der Waals surface area contributed by atoms with Gasteiger partial charge in [-0.3, -0.25) is 0 Å². The number of nitrogens with one attached hydrogen (secondary N) is 1. The summed E-state index contributed by atoms with van der Waals surface area (Å²) in [6.45, 7) is 0. The van der Waals surface area contributed by atoms with Gasteiger partial charge in [0.2, 0.25) is 0 Å². The number of rotatable bonds is 4. The summed E-state index contributed by atoms with van der Waals surface area (Å²) in [6.07, 6.45) is 42.3. The summed E-state index contributed by atoms with van der Waals surface area (Å²) < 4.78 is 0. The Hall–Kier alpha value is -0.0400. The highest BCUT2D eigenvalue weighted by atomic mass is 15.0. The lowest BCUT2D eigenvalue weighted by Gasteiger charge is -2.55. The maximum Gasteiger partial charge on any atom is 0.00698 e. The van der Waals surface area contributed by atoms with Crippen molar-refractivity contribution in [3.63, 3.8) is 0 Å². The van der Waals surface area contributed by atoms with Crippen LogP contribution in [-0.4, -0.2) is 12.1 Å². The fourth-order valence-electron chi connectivity index (χ4n) is 14.8. The highest BCUT2D eigenvalue weighted by molar-refractivity contribution is 5.00. The van der Waals surface area contributed by atoms with Crippen LogP contribution in [0.25, 0.3) is 0 Å². The second-order valence-electron chi connectivity index (χ2n) is 18.2. The first-order valence-corrected chi connectivity index (χ1v) is 20.6.